The van der Waals surface area contributed by atoms with E-state index < -0.39 is 14.3 Å². The van der Waals surface area contributed by atoms with Crippen LogP contribution in [0, 0.1) is 0 Å². The van der Waals surface area contributed by atoms with Gasteiger partial charge in [-0.2, -0.15) is 0 Å². The maximum absolute atomic E-state index is 11.8. The maximum atomic E-state index is 11.8. The van der Waals surface area contributed by atoms with Crippen molar-refractivity contribution in [3.05, 3.63) is 16.0 Å². The van der Waals surface area contributed by atoms with Crippen LogP contribution in [0.5, 0.6) is 0 Å². The van der Waals surface area contributed by atoms with E-state index in [1.807, 2.05) is 0 Å². The van der Waals surface area contributed by atoms with Crippen molar-refractivity contribution in [2.45, 2.75) is 11.7 Å². The summed E-state index contributed by atoms with van der Waals surface area (Å²) in [4.78, 5) is 20.8. The lowest BCUT2D eigenvalue weighted by molar-refractivity contribution is -0.117. The average molecular weight is 375 g/mol. The zero-order chi connectivity index (χ0) is 13.5. The summed E-state index contributed by atoms with van der Waals surface area (Å²) in [7, 11) is 1.47. The van der Waals surface area contributed by atoms with Gasteiger partial charge in [-0.05, 0) is 15.9 Å². The third kappa shape index (κ3) is 2.76. The van der Waals surface area contributed by atoms with Crippen molar-refractivity contribution < 1.29 is 13.2 Å². The Morgan fingerprint density at radius 1 is 1.50 bits per heavy atom. The van der Waals surface area contributed by atoms with Gasteiger partial charge in [0.25, 0.3) is 0 Å². The molecule has 1 aliphatic rings. The van der Waals surface area contributed by atoms with Crippen molar-refractivity contribution in [1.82, 2.24) is 9.97 Å². The van der Waals surface area contributed by atoms with E-state index in [9.17, 15) is 13.2 Å². The predicted octanol–water partition coefficient (Wildman–Crippen LogP) is 1.57. The zero-order valence-electron chi connectivity index (χ0n) is 8.68. The van der Waals surface area contributed by atoms with Gasteiger partial charge in [-0.1, -0.05) is 11.6 Å². The summed E-state index contributed by atoms with van der Waals surface area (Å²) >= 11 is 8.76. The van der Waals surface area contributed by atoms with Gasteiger partial charge in [0, 0.05) is 23.6 Å². The molecule has 2 heterocycles. The van der Waals surface area contributed by atoms with Crippen molar-refractivity contribution in [3.8, 4) is 0 Å². The molecule has 2 rings (SSSR count). The molecule has 1 amide bonds. The Bertz CT molecular complexity index is 610. The van der Waals surface area contributed by atoms with Gasteiger partial charge in [0.05, 0.1) is 6.20 Å². The highest BCUT2D eigenvalue weighted by atomic mass is 79.9. The van der Waals surface area contributed by atoms with Crippen molar-refractivity contribution >= 4 is 59.0 Å². The van der Waals surface area contributed by atoms with Gasteiger partial charge in [0.2, 0.25) is 15.0 Å². The first-order valence-corrected chi connectivity index (χ1v) is 8.25. The standard InChI is InChI=1S/C8H6BrCl2N3O3S/c9-7-8(12-2-5(10)13-7)14-3-4(1-6(14)15)18(11,16)17/h2,4H,1,3H2. The number of hydrogen-bond donors (Lipinski definition) is 0. The van der Waals surface area contributed by atoms with E-state index in [0.717, 1.165) is 0 Å². The van der Waals surface area contributed by atoms with Crippen molar-refractivity contribution in [2.75, 3.05) is 11.4 Å². The minimum Gasteiger partial charge on any atom is -0.293 e. The molecule has 1 unspecified atom stereocenters. The summed E-state index contributed by atoms with van der Waals surface area (Å²) in [5, 5.41) is -0.769. The summed E-state index contributed by atoms with van der Waals surface area (Å²) in [5.74, 6) is -0.145. The maximum Gasteiger partial charge on any atom is 0.237 e. The molecule has 1 aromatic rings. The van der Waals surface area contributed by atoms with Gasteiger partial charge in [0.15, 0.2) is 10.4 Å². The molecule has 10 heteroatoms. The highest BCUT2D eigenvalue weighted by molar-refractivity contribution is 9.10. The third-order valence-electron chi connectivity index (χ3n) is 2.43. The minimum absolute atomic E-state index is 0.0421. The number of nitrogens with zero attached hydrogens (tertiary/aromatic N) is 3. The largest absolute Gasteiger partial charge is 0.293 e. The van der Waals surface area contributed by atoms with Crippen molar-refractivity contribution in [1.29, 1.82) is 0 Å². The van der Waals surface area contributed by atoms with E-state index in [1.165, 1.54) is 11.1 Å². The second-order valence-corrected chi connectivity index (χ2v) is 7.66. The van der Waals surface area contributed by atoms with Crippen molar-refractivity contribution in [2.24, 2.45) is 0 Å². The monoisotopic (exact) mass is 373 g/mol. The second-order valence-electron chi connectivity index (χ2n) is 3.61. The Kier molecular flexibility index (Phi) is 3.82. The Balaban J connectivity index is 2.33. The lowest BCUT2D eigenvalue weighted by atomic mass is 10.4. The van der Waals surface area contributed by atoms with Gasteiger partial charge in [-0.25, -0.2) is 18.4 Å². The van der Waals surface area contributed by atoms with Gasteiger partial charge in [-0.3, -0.25) is 9.69 Å². The van der Waals surface area contributed by atoms with E-state index in [1.54, 1.807) is 0 Å². The molecule has 1 fully saturated rings. The molecule has 6 nitrogen and oxygen atoms in total. The van der Waals surface area contributed by atoms with E-state index in [4.69, 9.17) is 22.3 Å². The summed E-state index contributed by atoms with van der Waals surface area (Å²) in [6, 6.07) is 0. The normalized spacial score (nSPS) is 20.5. The predicted molar refractivity (Wildman–Crippen MR) is 70.3 cm³/mol. The number of anilines is 1. The van der Waals surface area contributed by atoms with Gasteiger partial charge < -0.3 is 0 Å². The first-order valence-electron chi connectivity index (χ1n) is 4.71. The molecule has 0 aliphatic carbocycles. The van der Waals surface area contributed by atoms with E-state index in [0.29, 0.717) is 0 Å². The molecule has 0 N–H and O–H groups in total. The molecule has 1 aromatic heterocycles. The molecular weight excluding hydrogens is 369 g/mol. The Morgan fingerprint density at radius 3 is 2.67 bits per heavy atom. The molecule has 1 atom stereocenters. The summed E-state index contributed by atoms with van der Waals surface area (Å²) < 4.78 is 22.7. The van der Waals surface area contributed by atoms with Crippen LogP contribution in [-0.4, -0.2) is 36.1 Å². The molecule has 0 radical (unpaired) electrons. The first-order chi connectivity index (χ1) is 8.29. The number of carbonyl (C=O) groups is 1. The van der Waals surface area contributed by atoms with Gasteiger partial charge in [0.1, 0.15) is 10.4 Å². The van der Waals surface area contributed by atoms with Crippen LogP contribution in [0.3, 0.4) is 0 Å². The fraction of sp³-hybridized carbons (Fsp3) is 0.375. The SMILES string of the molecule is O=C1CC(S(=O)(=O)Cl)CN1c1ncc(Cl)nc1Br. The van der Waals surface area contributed by atoms with Gasteiger partial charge in [-0.15, -0.1) is 0 Å². The molecule has 0 spiro atoms. The lowest BCUT2D eigenvalue weighted by Crippen LogP contribution is -2.28. The Morgan fingerprint density at radius 2 is 2.17 bits per heavy atom. The van der Waals surface area contributed by atoms with Crippen LogP contribution in [0.15, 0.2) is 10.8 Å². The topological polar surface area (TPSA) is 80.2 Å². The van der Waals surface area contributed by atoms with Crippen LogP contribution in [0.25, 0.3) is 0 Å². The van der Waals surface area contributed by atoms with Crippen LogP contribution in [0.2, 0.25) is 5.15 Å². The van der Waals surface area contributed by atoms with Crippen LogP contribution < -0.4 is 4.90 Å². The van der Waals surface area contributed by atoms with Crippen LogP contribution in [-0.2, 0) is 13.8 Å². The molecule has 0 aromatic carbocycles. The second kappa shape index (κ2) is 4.92. The van der Waals surface area contributed by atoms with E-state index >= 15 is 0 Å². The Hall–Kier alpha value is -0.440. The smallest absolute Gasteiger partial charge is 0.237 e. The molecule has 0 bridgehead atoms. The fourth-order valence-corrected chi connectivity index (χ4v) is 3.36. The zero-order valence-corrected chi connectivity index (χ0v) is 12.6. The number of aromatic nitrogens is 2. The molecular formula is C8H6BrCl2N3O3S. The highest BCUT2D eigenvalue weighted by Crippen LogP contribution is 2.29. The number of amides is 1. The molecule has 0 saturated carbocycles. The minimum atomic E-state index is -3.78. The molecule has 98 valence electrons. The summed E-state index contributed by atoms with van der Waals surface area (Å²) in [6.07, 6.45) is 1.11. The summed E-state index contributed by atoms with van der Waals surface area (Å²) in [5.41, 5.74) is 0. The quantitative estimate of drug-likeness (QED) is 0.734. The van der Waals surface area contributed by atoms with E-state index in [-0.39, 0.29) is 34.4 Å². The Labute approximate surface area is 121 Å². The third-order valence-corrected chi connectivity index (χ3v) is 5.01. The van der Waals surface area contributed by atoms with Crippen molar-refractivity contribution in [3.63, 3.8) is 0 Å². The first kappa shape index (κ1) is 14.0. The molecule has 18 heavy (non-hydrogen) atoms. The van der Waals surface area contributed by atoms with E-state index in [2.05, 4.69) is 25.9 Å². The van der Waals surface area contributed by atoms with Crippen LogP contribution >= 0.6 is 38.2 Å². The number of carbonyl (C=O) groups excluding carboxylic acids is 1. The number of hydrogen-bond acceptors (Lipinski definition) is 5. The molecule has 1 aliphatic heterocycles. The van der Waals surface area contributed by atoms with Gasteiger partial charge >= 0.3 is 0 Å². The lowest BCUT2D eigenvalue weighted by Gasteiger charge is -2.15. The number of halogens is 3. The summed E-state index contributed by atoms with van der Waals surface area (Å²) in [6.45, 7) is -0.0421. The molecule has 1 saturated heterocycles. The highest BCUT2D eigenvalue weighted by Gasteiger charge is 2.39. The number of rotatable bonds is 2. The fourth-order valence-electron chi connectivity index (χ4n) is 1.59. The van der Waals surface area contributed by atoms with Crippen LogP contribution in [0.1, 0.15) is 6.42 Å². The van der Waals surface area contributed by atoms with Crippen LogP contribution in [0.4, 0.5) is 5.82 Å². The average Bonchev–Trinajstić information content (AvgIpc) is 2.60.